The zero-order valence-corrected chi connectivity index (χ0v) is 10.3. The number of benzene rings is 1. The second kappa shape index (κ2) is 4.14. The van der Waals surface area contributed by atoms with Gasteiger partial charge in [0.2, 0.25) is 5.88 Å². The minimum absolute atomic E-state index is 0.535. The highest BCUT2D eigenvalue weighted by atomic mass is 16.5. The van der Waals surface area contributed by atoms with Crippen molar-refractivity contribution in [3.8, 4) is 17.1 Å². The maximum Gasteiger partial charge on any atom is 0.232 e. The molecule has 3 rings (SSSR count). The highest BCUT2D eigenvalue weighted by molar-refractivity contribution is 5.81. The van der Waals surface area contributed by atoms with Crippen LogP contribution < -0.4 is 4.74 Å². The van der Waals surface area contributed by atoms with Crippen LogP contribution in [-0.2, 0) is 7.05 Å². The van der Waals surface area contributed by atoms with E-state index >= 15 is 0 Å². The lowest BCUT2D eigenvalue weighted by Gasteiger charge is -2.03. The molecule has 0 radical (unpaired) electrons. The van der Waals surface area contributed by atoms with E-state index in [1.165, 1.54) is 0 Å². The predicted octanol–water partition coefficient (Wildman–Crippen LogP) is 2.64. The maximum absolute atomic E-state index is 5.09. The third-order valence-corrected chi connectivity index (χ3v) is 2.99. The number of hydrogen-bond acceptors (Lipinski definition) is 3. The van der Waals surface area contributed by atoms with Gasteiger partial charge in [-0.1, -0.05) is 30.3 Å². The Morgan fingerprint density at radius 2 is 1.94 bits per heavy atom. The van der Waals surface area contributed by atoms with Crippen LogP contribution in [-0.4, -0.2) is 21.6 Å². The average Bonchev–Trinajstić information content (AvgIpc) is 2.76. The first kappa shape index (κ1) is 10.8. The van der Waals surface area contributed by atoms with Crippen LogP contribution in [0.4, 0.5) is 0 Å². The summed E-state index contributed by atoms with van der Waals surface area (Å²) in [4.78, 5) is 8.77. The molecule has 4 heteroatoms. The number of nitrogens with zero attached hydrogens (tertiary/aromatic N) is 3. The first-order valence-electron chi connectivity index (χ1n) is 5.71. The molecular formula is C14H13N3O. The second-order valence-corrected chi connectivity index (χ2v) is 4.08. The first-order valence-corrected chi connectivity index (χ1v) is 5.71. The van der Waals surface area contributed by atoms with Crippen LogP contribution in [0.5, 0.6) is 5.88 Å². The molecule has 1 aromatic carbocycles. The molecule has 0 spiro atoms. The monoisotopic (exact) mass is 239 g/mol. The maximum atomic E-state index is 5.09. The first-order chi connectivity index (χ1) is 8.79. The number of methoxy groups -OCH3 is 1. The molecule has 0 aliphatic heterocycles. The quantitative estimate of drug-likeness (QED) is 0.690. The van der Waals surface area contributed by atoms with Crippen LogP contribution in [0.2, 0.25) is 0 Å². The molecule has 0 fully saturated rings. The van der Waals surface area contributed by atoms with E-state index in [-0.39, 0.29) is 0 Å². The summed E-state index contributed by atoms with van der Waals surface area (Å²) in [6, 6.07) is 12.2. The Bertz CT molecular complexity index is 689. The van der Waals surface area contributed by atoms with E-state index in [1.807, 2.05) is 35.9 Å². The van der Waals surface area contributed by atoms with Crippen molar-refractivity contribution >= 4 is 11.2 Å². The Balaban J connectivity index is 2.23. The summed E-state index contributed by atoms with van der Waals surface area (Å²) in [5.41, 5.74) is 3.95. The zero-order chi connectivity index (χ0) is 12.5. The fraction of sp³-hybridized carbons (Fsp3) is 0.143. The molecule has 4 nitrogen and oxygen atoms in total. The van der Waals surface area contributed by atoms with Crippen molar-refractivity contribution in [2.24, 2.45) is 7.05 Å². The molecule has 3 aromatic rings. The summed E-state index contributed by atoms with van der Waals surface area (Å²) in [5, 5.41) is 0. The van der Waals surface area contributed by atoms with E-state index in [9.17, 15) is 0 Å². The summed E-state index contributed by atoms with van der Waals surface area (Å²) in [7, 11) is 3.59. The number of rotatable bonds is 2. The molecule has 0 saturated carbocycles. The molecule has 2 heterocycles. The molecule has 0 atom stereocenters. The lowest BCUT2D eigenvalue weighted by Crippen LogP contribution is -1.94. The van der Waals surface area contributed by atoms with Crippen molar-refractivity contribution in [1.29, 1.82) is 0 Å². The third kappa shape index (κ3) is 1.62. The van der Waals surface area contributed by atoms with Gasteiger partial charge in [0.05, 0.1) is 19.0 Å². The van der Waals surface area contributed by atoms with Crippen molar-refractivity contribution in [3.63, 3.8) is 0 Å². The molecule has 0 amide bonds. The average molecular weight is 239 g/mol. The Morgan fingerprint density at radius 1 is 1.17 bits per heavy atom. The summed E-state index contributed by atoms with van der Waals surface area (Å²) < 4.78 is 7.13. The number of ether oxygens (including phenoxy) is 1. The van der Waals surface area contributed by atoms with Gasteiger partial charge in [-0.25, -0.2) is 9.97 Å². The van der Waals surface area contributed by atoms with Gasteiger partial charge in [-0.2, -0.15) is 0 Å². The Labute approximate surface area is 105 Å². The van der Waals surface area contributed by atoms with Gasteiger partial charge in [0, 0.05) is 7.05 Å². The fourth-order valence-corrected chi connectivity index (χ4v) is 2.06. The molecular weight excluding hydrogens is 226 g/mol. The molecule has 0 N–H and O–H groups in total. The molecule has 0 bridgehead atoms. The lowest BCUT2D eigenvalue weighted by molar-refractivity contribution is 0.397. The zero-order valence-electron chi connectivity index (χ0n) is 10.3. The molecule has 0 aliphatic rings. The number of aromatic nitrogens is 3. The van der Waals surface area contributed by atoms with E-state index in [1.54, 1.807) is 13.3 Å². The highest BCUT2D eigenvalue weighted by Gasteiger charge is 2.10. The van der Waals surface area contributed by atoms with Crippen molar-refractivity contribution in [2.45, 2.75) is 0 Å². The van der Waals surface area contributed by atoms with Gasteiger partial charge >= 0.3 is 0 Å². The summed E-state index contributed by atoms with van der Waals surface area (Å²) in [6.45, 7) is 0. The van der Waals surface area contributed by atoms with Crippen molar-refractivity contribution in [3.05, 3.63) is 42.6 Å². The van der Waals surface area contributed by atoms with Gasteiger partial charge in [-0.3, -0.25) is 0 Å². The molecule has 0 unspecified atom stereocenters. The standard InChI is InChI=1S/C14H13N3O/c1-17-12(10-6-4-3-5-7-10)8-11-14(17)15-9-13(16-11)18-2/h3-9H,1-2H3. The molecule has 18 heavy (non-hydrogen) atoms. The van der Waals surface area contributed by atoms with E-state index in [4.69, 9.17) is 4.74 Å². The normalized spacial score (nSPS) is 10.8. The Hall–Kier alpha value is -2.36. The number of fused-ring (bicyclic) bond motifs is 1. The Morgan fingerprint density at radius 3 is 2.67 bits per heavy atom. The van der Waals surface area contributed by atoms with Crippen molar-refractivity contribution in [2.75, 3.05) is 7.11 Å². The second-order valence-electron chi connectivity index (χ2n) is 4.08. The number of hydrogen-bond donors (Lipinski definition) is 0. The van der Waals surface area contributed by atoms with Crippen LogP contribution in [0.15, 0.2) is 42.6 Å². The van der Waals surface area contributed by atoms with Gasteiger partial charge < -0.3 is 9.30 Å². The van der Waals surface area contributed by atoms with Crippen LogP contribution in [0, 0.1) is 0 Å². The summed E-state index contributed by atoms with van der Waals surface area (Å²) in [5.74, 6) is 0.535. The van der Waals surface area contributed by atoms with Gasteiger partial charge in [0.1, 0.15) is 5.52 Å². The van der Waals surface area contributed by atoms with Crippen LogP contribution >= 0.6 is 0 Å². The highest BCUT2D eigenvalue weighted by Crippen LogP contribution is 2.25. The van der Waals surface area contributed by atoms with Gasteiger partial charge in [-0.05, 0) is 11.6 Å². The molecule has 0 aliphatic carbocycles. The van der Waals surface area contributed by atoms with Crippen LogP contribution in [0.25, 0.3) is 22.4 Å². The minimum atomic E-state index is 0.535. The van der Waals surface area contributed by atoms with Crippen molar-refractivity contribution < 1.29 is 4.74 Å². The van der Waals surface area contributed by atoms with Crippen LogP contribution in [0.1, 0.15) is 0 Å². The van der Waals surface area contributed by atoms with Gasteiger partial charge in [-0.15, -0.1) is 0 Å². The van der Waals surface area contributed by atoms with E-state index < -0.39 is 0 Å². The summed E-state index contributed by atoms with van der Waals surface area (Å²) in [6.07, 6.45) is 1.64. The van der Waals surface area contributed by atoms with E-state index in [2.05, 4.69) is 22.1 Å². The summed E-state index contributed by atoms with van der Waals surface area (Å²) >= 11 is 0. The largest absolute Gasteiger partial charge is 0.480 e. The molecule has 2 aromatic heterocycles. The molecule has 90 valence electrons. The van der Waals surface area contributed by atoms with Crippen molar-refractivity contribution in [1.82, 2.24) is 14.5 Å². The van der Waals surface area contributed by atoms with Gasteiger partial charge in [0.25, 0.3) is 0 Å². The van der Waals surface area contributed by atoms with E-state index in [0.29, 0.717) is 5.88 Å². The van der Waals surface area contributed by atoms with Gasteiger partial charge in [0.15, 0.2) is 5.65 Å². The smallest absolute Gasteiger partial charge is 0.232 e. The SMILES string of the molecule is COc1cnc2c(cc(-c3ccccc3)n2C)n1. The lowest BCUT2D eigenvalue weighted by atomic mass is 10.1. The minimum Gasteiger partial charge on any atom is -0.480 e. The number of aryl methyl sites for hydroxylation is 1. The predicted molar refractivity (Wildman–Crippen MR) is 70.5 cm³/mol. The van der Waals surface area contributed by atoms with E-state index in [0.717, 1.165) is 22.4 Å². The van der Waals surface area contributed by atoms with Crippen LogP contribution in [0.3, 0.4) is 0 Å². The topological polar surface area (TPSA) is 39.9 Å². The molecule has 0 saturated heterocycles. The fourth-order valence-electron chi connectivity index (χ4n) is 2.06. The Kier molecular flexibility index (Phi) is 2.48. The third-order valence-electron chi connectivity index (χ3n) is 2.99.